The van der Waals surface area contributed by atoms with E-state index < -0.39 is 0 Å². The normalized spacial score (nSPS) is 33.1. The van der Waals surface area contributed by atoms with Gasteiger partial charge >= 0.3 is 0 Å². The Balaban J connectivity index is 0.000000572. The van der Waals surface area contributed by atoms with Crippen molar-refractivity contribution in [2.24, 2.45) is 35.0 Å². The van der Waals surface area contributed by atoms with E-state index >= 15 is 0 Å². The van der Waals surface area contributed by atoms with Crippen LogP contribution in [0.4, 0.5) is 0 Å². The summed E-state index contributed by atoms with van der Waals surface area (Å²) in [5.41, 5.74) is 4.61. The van der Waals surface area contributed by atoms with Gasteiger partial charge in [-0.25, -0.2) is 0 Å². The lowest BCUT2D eigenvalue weighted by Gasteiger charge is -2.44. The van der Waals surface area contributed by atoms with Crippen molar-refractivity contribution >= 4 is 0 Å². The van der Waals surface area contributed by atoms with Crippen LogP contribution < -0.4 is 0 Å². The van der Waals surface area contributed by atoms with Crippen LogP contribution in [0.25, 0.3) is 0 Å². The number of likely N-dealkylation sites (N-methyl/N-ethyl adjacent to an activating group) is 1. The first-order chi connectivity index (χ1) is 16.8. The molecule has 0 aromatic carbocycles. The van der Waals surface area contributed by atoms with Gasteiger partial charge in [-0.05, 0) is 91.9 Å². The number of allylic oxidation sites excluding steroid dienone is 6. The molecule has 0 heterocycles. The van der Waals surface area contributed by atoms with Crippen LogP contribution in [-0.2, 0) is 0 Å². The minimum Gasteiger partial charge on any atom is -0.393 e. The monoisotopic (exact) mass is 500 g/mol. The van der Waals surface area contributed by atoms with Gasteiger partial charge in [-0.3, -0.25) is 0 Å². The van der Waals surface area contributed by atoms with Crippen LogP contribution in [0.5, 0.6) is 0 Å². The van der Waals surface area contributed by atoms with E-state index in [0.717, 1.165) is 48.0 Å². The Hall–Kier alpha value is -1.16. The number of rotatable bonds is 7. The van der Waals surface area contributed by atoms with Gasteiger partial charge in [0, 0.05) is 0 Å². The quantitative estimate of drug-likeness (QED) is 0.284. The average Bonchev–Trinajstić information content (AvgIpc) is 3.15. The minimum absolute atomic E-state index is 0.182. The van der Waals surface area contributed by atoms with Gasteiger partial charge in [-0.15, -0.1) is 0 Å². The summed E-state index contributed by atoms with van der Waals surface area (Å²) in [5.74, 6) is 3.58. The zero-order chi connectivity index (χ0) is 27.1. The first-order valence-corrected chi connectivity index (χ1v) is 14.6. The lowest BCUT2D eigenvalue weighted by Crippen LogP contribution is -2.36. The number of aliphatic hydroxyl groups is 2. The van der Waals surface area contributed by atoms with Crippen molar-refractivity contribution in [3.63, 3.8) is 0 Å². The van der Waals surface area contributed by atoms with E-state index in [0.29, 0.717) is 17.3 Å². The Morgan fingerprint density at radius 1 is 1.03 bits per heavy atom. The summed E-state index contributed by atoms with van der Waals surface area (Å²) in [5, 5.41) is 18.4. The highest BCUT2D eigenvalue weighted by molar-refractivity contribution is 5.36. The molecule has 0 aromatic heterocycles. The zero-order valence-corrected chi connectivity index (χ0v) is 24.9. The second kappa shape index (κ2) is 13.6. The number of hydrogen-bond donors (Lipinski definition) is 2. The van der Waals surface area contributed by atoms with Gasteiger partial charge < -0.3 is 14.7 Å². The Kier molecular flexibility index (Phi) is 11.7. The molecule has 3 heteroatoms. The van der Waals surface area contributed by atoms with Crippen LogP contribution in [-0.4, -0.2) is 55.1 Å². The molecule has 3 aliphatic rings. The molecule has 0 bridgehead atoms. The lowest BCUT2D eigenvalue weighted by molar-refractivity contribution is -0.870. The van der Waals surface area contributed by atoms with Crippen molar-refractivity contribution in [1.29, 1.82) is 0 Å². The van der Waals surface area contributed by atoms with E-state index in [2.05, 4.69) is 86.6 Å². The molecule has 0 saturated heterocycles. The van der Waals surface area contributed by atoms with E-state index in [-0.39, 0.29) is 12.7 Å². The third-order valence-electron chi connectivity index (χ3n) is 9.40. The molecule has 0 amide bonds. The van der Waals surface area contributed by atoms with Crippen molar-refractivity contribution in [2.75, 3.05) is 34.3 Å². The number of nitrogens with zero attached hydrogens (tertiary/aromatic N) is 1. The maximum absolute atomic E-state index is 10.0. The summed E-state index contributed by atoms with van der Waals surface area (Å²) in [6.45, 7) is 17.4. The van der Waals surface area contributed by atoms with E-state index in [1.165, 1.54) is 43.3 Å². The Morgan fingerprint density at radius 2 is 1.72 bits per heavy atom. The fourth-order valence-corrected chi connectivity index (χ4v) is 6.55. The second-order valence-corrected chi connectivity index (χ2v) is 13.6. The molecule has 0 radical (unpaired) electrons. The highest BCUT2D eigenvalue weighted by Gasteiger charge is 2.50. The van der Waals surface area contributed by atoms with E-state index in [1.807, 2.05) is 0 Å². The molecule has 0 unspecified atom stereocenters. The van der Waals surface area contributed by atoms with Gasteiger partial charge in [0.15, 0.2) is 0 Å². The highest BCUT2D eigenvalue weighted by Crippen LogP contribution is 2.59. The molecule has 3 saturated carbocycles. The summed E-state index contributed by atoms with van der Waals surface area (Å²) < 4.78 is 0.844. The third-order valence-corrected chi connectivity index (χ3v) is 9.40. The molecule has 6 atom stereocenters. The molecule has 3 aliphatic carbocycles. The smallest absolute Gasteiger partial charge is 0.101 e. The Labute approximate surface area is 223 Å². The molecule has 36 heavy (non-hydrogen) atoms. The number of quaternary nitrogens is 1. The van der Waals surface area contributed by atoms with Gasteiger partial charge in [0.2, 0.25) is 0 Å². The SMILES string of the molecule is C=C1CC[C@H](O)C/C1=C/C=C1\CCC[C@]2(C)[C@@H]([C@H](C)/C=C/[C@H](C)C(C)C)CC[C@@H]12.C[N+](C)(C)CCO. The van der Waals surface area contributed by atoms with Crippen molar-refractivity contribution in [1.82, 2.24) is 0 Å². The van der Waals surface area contributed by atoms with Crippen molar-refractivity contribution < 1.29 is 14.7 Å². The number of hydrogen-bond acceptors (Lipinski definition) is 2. The molecule has 206 valence electrons. The average molecular weight is 501 g/mol. The summed E-state index contributed by atoms with van der Waals surface area (Å²) in [4.78, 5) is 0. The van der Waals surface area contributed by atoms with Gasteiger partial charge in [-0.1, -0.05) is 76.6 Å². The molecule has 0 aliphatic heterocycles. The molecule has 3 rings (SSSR count). The topological polar surface area (TPSA) is 40.5 Å². The van der Waals surface area contributed by atoms with E-state index in [4.69, 9.17) is 5.11 Å². The van der Waals surface area contributed by atoms with Gasteiger partial charge in [0.25, 0.3) is 0 Å². The van der Waals surface area contributed by atoms with Gasteiger partial charge in [-0.2, -0.15) is 0 Å². The first kappa shape index (κ1) is 31.1. The predicted octanol–water partition coefficient (Wildman–Crippen LogP) is 7.33. The molecule has 0 spiro atoms. The second-order valence-electron chi connectivity index (χ2n) is 13.6. The van der Waals surface area contributed by atoms with E-state index in [9.17, 15) is 5.11 Å². The maximum Gasteiger partial charge on any atom is 0.101 e. The van der Waals surface area contributed by atoms with Gasteiger partial charge in [0.05, 0.1) is 33.9 Å². The van der Waals surface area contributed by atoms with Crippen molar-refractivity contribution in [2.45, 2.75) is 92.1 Å². The Bertz CT molecular complexity index is 799. The fraction of sp³-hybridized carbons (Fsp3) is 0.758. The van der Waals surface area contributed by atoms with Crippen LogP contribution in [0.15, 0.2) is 47.6 Å². The van der Waals surface area contributed by atoms with Crippen LogP contribution in [0.2, 0.25) is 0 Å². The lowest BCUT2D eigenvalue weighted by atomic mass is 9.61. The predicted molar refractivity (Wildman–Crippen MR) is 156 cm³/mol. The standard InChI is InChI=1S/C28H44O.C5H14NO/c1-19(2)20(3)9-10-22(5)26-15-16-27-23(8-7-17-28(26,27)6)12-13-24-18-25(29)14-11-21(24)4;1-6(2,3)4-5-7/h9-10,12-13,19-20,22,25-27,29H,4,7-8,11,14-18H2,1-3,5-6H3;7H,4-5H2,1-3H3/q;+1/b10-9+,23-12+,24-13-;/t20-,22+,25-,26+,27-,28+;/m0./s1. The summed E-state index contributed by atoms with van der Waals surface area (Å²) in [7, 11) is 6.16. The largest absolute Gasteiger partial charge is 0.393 e. The van der Waals surface area contributed by atoms with Gasteiger partial charge in [0.1, 0.15) is 6.54 Å². The van der Waals surface area contributed by atoms with Crippen LogP contribution >= 0.6 is 0 Å². The van der Waals surface area contributed by atoms with Crippen molar-refractivity contribution in [3.05, 3.63) is 47.6 Å². The summed E-state index contributed by atoms with van der Waals surface area (Å²) >= 11 is 0. The molecule has 2 N–H and O–H groups in total. The molecule has 3 nitrogen and oxygen atoms in total. The Morgan fingerprint density at radius 3 is 2.31 bits per heavy atom. The highest BCUT2D eigenvalue weighted by atomic mass is 16.3. The van der Waals surface area contributed by atoms with Crippen molar-refractivity contribution in [3.8, 4) is 0 Å². The minimum atomic E-state index is -0.182. The summed E-state index contributed by atoms with van der Waals surface area (Å²) in [6.07, 6.45) is 18.8. The fourth-order valence-electron chi connectivity index (χ4n) is 6.55. The third kappa shape index (κ3) is 8.71. The van der Waals surface area contributed by atoms with Crippen LogP contribution in [0.3, 0.4) is 0 Å². The number of fused-ring (bicyclic) bond motifs is 1. The van der Waals surface area contributed by atoms with E-state index in [1.54, 1.807) is 5.57 Å². The molecule has 0 aromatic rings. The molecule has 3 fully saturated rings. The maximum atomic E-state index is 10.0. The van der Waals surface area contributed by atoms with Crippen LogP contribution in [0.1, 0.15) is 86.0 Å². The molecular formula is C33H58NO2+. The molecular weight excluding hydrogens is 442 g/mol. The first-order valence-electron chi connectivity index (χ1n) is 14.6. The zero-order valence-electron chi connectivity index (χ0n) is 24.9. The number of aliphatic hydroxyl groups excluding tert-OH is 2. The van der Waals surface area contributed by atoms with Crippen LogP contribution in [0, 0.1) is 35.0 Å². The summed E-state index contributed by atoms with van der Waals surface area (Å²) in [6, 6.07) is 0.